The van der Waals surface area contributed by atoms with E-state index in [4.69, 9.17) is 42.7 Å². The minimum atomic E-state index is -4.45. The Balaban J connectivity index is 1.30. The first-order valence-corrected chi connectivity index (χ1v) is 17.2. The third-order valence-electron chi connectivity index (χ3n) is 9.10. The van der Waals surface area contributed by atoms with Crippen LogP contribution in [0, 0.1) is 6.92 Å². The highest BCUT2D eigenvalue weighted by Gasteiger charge is 2.31. The number of aromatic nitrogens is 2. The van der Waals surface area contributed by atoms with Crippen molar-refractivity contribution in [3.8, 4) is 23.0 Å². The van der Waals surface area contributed by atoms with Crippen LogP contribution in [0.5, 0.6) is 23.0 Å². The second-order valence-electron chi connectivity index (χ2n) is 11.7. The second-order valence-corrected chi connectivity index (χ2v) is 13.9. The number of aryl methyl sites for hydroxylation is 3. The molecule has 0 aliphatic carbocycles. The van der Waals surface area contributed by atoms with Crippen LogP contribution in [0.15, 0.2) is 75.5 Å². The van der Waals surface area contributed by atoms with Gasteiger partial charge in [-0.1, -0.05) is 34.8 Å². The van der Waals surface area contributed by atoms with E-state index in [0.29, 0.717) is 50.9 Å². The number of fused-ring (bicyclic) bond motifs is 12. The highest BCUT2D eigenvalue weighted by Crippen LogP contribution is 2.50. The molecular weight excluding hydrogens is 659 g/mol. The topological polar surface area (TPSA) is 107 Å². The molecule has 0 bridgehead atoms. The Morgan fingerprint density at radius 1 is 0.681 bits per heavy atom. The Kier molecular flexibility index (Phi) is 5.91. The highest BCUT2D eigenvalue weighted by molar-refractivity contribution is 7.85. The Labute approximate surface area is 277 Å². The van der Waals surface area contributed by atoms with E-state index in [-0.39, 0.29) is 26.4 Å². The van der Waals surface area contributed by atoms with Crippen molar-refractivity contribution < 1.29 is 22.4 Å². The van der Waals surface area contributed by atoms with Crippen LogP contribution in [-0.2, 0) is 23.2 Å². The Bertz CT molecular complexity index is 2840. The third kappa shape index (κ3) is 3.84. The van der Waals surface area contributed by atoms with Crippen molar-refractivity contribution in [2.45, 2.75) is 38.8 Å². The summed E-state index contributed by atoms with van der Waals surface area (Å²) < 4.78 is 51.4. The number of benzene rings is 5. The molecule has 5 aromatic carbocycles. The molecule has 0 saturated heterocycles. The van der Waals surface area contributed by atoms with Gasteiger partial charge in [0, 0.05) is 34.9 Å². The molecule has 0 unspecified atom stereocenters. The van der Waals surface area contributed by atoms with E-state index in [2.05, 4.69) is 36.6 Å². The summed E-state index contributed by atoms with van der Waals surface area (Å²) in [6.07, 6.45) is 0. The predicted molar refractivity (Wildman–Crippen MR) is 183 cm³/mol. The van der Waals surface area contributed by atoms with Gasteiger partial charge in [-0.15, -0.1) is 0 Å². The second kappa shape index (κ2) is 9.71. The van der Waals surface area contributed by atoms with Crippen LogP contribution in [0.3, 0.4) is 0 Å². The first-order chi connectivity index (χ1) is 22.6. The quantitative estimate of drug-likeness (QED) is 0.187. The van der Waals surface area contributed by atoms with Gasteiger partial charge in [0.15, 0.2) is 23.0 Å². The van der Waals surface area contributed by atoms with Gasteiger partial charge in [0.05, 0.1) is 26.7 Å². The molecule has 7 aromatic rings. The Hall–Kier alpha value is -4.61. The first kappa shape index (κ1) is 28.6. The zero-order valence-electron chi connectivity index (χ0n) is 25.2. The van der Waals surface area contributed by atoms with Crippen LogP contribution in [-0.4, -0.2) is 22.1 Å². The van der Waals surface area contributed by atoms with E-state index >= 15 is 0 Å². The number of halogens is 2. The summed E-state index contributed by atoms with van der Waals surface area (Å²) in [4.78, 5) is 9.62. The van der Waals surface area contributed by atoms with Gasteiger partial charge in [0.1, 0.15) is 32.1 Å². The molecule has 2 aliphatic rings. The summed E-state index contributed by atoms with van der Waals surface area (Å²) >= 11 is 14.1. The predicted octanol–water partition coefficient (Wildman–Crippen LogP) is 8.92. The maximum atomic E-state index is 12.1. The van der Waals surface area contributed by atoms with Crippen molar-refractivity contribution in [2.24, 2.45) is 9.98 Å². The van der Waals surface area contributed by atoms with Gasteiger partial charge in [-0.05, 0) is 75.4 Å². The van der Waals surface area contributed by atoms with Crippen LogP contribution in [0.4, 0.5) is 11.4 Å². The Morgan fingerprint density at radius 2 is 1.15 bits per heavy atom. The molecule has 0 fully saturated rings. The van der Waals surface area contributed by atoms with Gasteiger partial charge >= 0.3 is 0 Å². The summed E-state index contributed by atoms with van der Waals surface area (Å²) in [5, 5.41) is 4.24. The number of ether oxygens (including phenoxy) is 2. The summed E-state index contributed by atoms with van der Waals surface area (Å²) in [6.45, 7) is 7.56. The maximum absolute atomic E-state index is 12.1. The summed E-state index contributed by atoms with van der Waals surface area (Å²) in [5.74, 6) is 1.49. The van der Waals surface area contributed by atoms with Gasteiger partial charge in [0.2, 0.25) is 0 Å². The van der Waals surface area contributed by atoms with Crippen molar-refractivity contribution in [3.63, 3.8) is 0 Å². The molecule has 0 radical (unpaired) electrons. The van der Waals surface area contributed by atoms with E-state index < -0.39 is 10.1 Å². The molecule has 1 N–H and O–H groups in total. The van der Waals surface area contributed by atoms with Crippen LogP contribution in [0.25, 0.3) is 43.6 Å². The van der Waals surface area contributed by atoms with Crippen LogP contribution in [0.2, 0.25) is 10.0 Å². The van der Waals surface area contributed by atoms with E-state index in [0.717, 1.165) is 44.9 Å². The molecular formula is C35H24Cl2N4O5S. The molecule has 0 saturated carbocycles. The number of hydrogen-bond acceptors (Lipinski definition) is 6. The van der Waals surface area contributed by atoms with Gasteiger partial charge in [-0.2, -0.15) is 8.42 Å². The lowest BCUT2D eigenvalue weighted by molar-refractivity contribution is 0.457. The summed E-state index contributed by atoms with van der Waals surface area (Å²) in [5.41, 5.74) is 5.93. The molecule has 0 spiro atoms. The number of hydrogen-bond donors (Lipinski definition) is 1. The molecule has 47 heavy (non-hydrogen) atoms. The fourth-order valence-corrected chi connectivity index (χ4v) is 8.09. The zero-order chi connectivity index (χ0) is 32.5. The largest absolute Gasteiger partial charge is 0.450 e. The van der Waals surface area contributed by atoms with Crippen LogP contribution >= 0.6 is 23.2 Å². The molecule has 0 amide bonds. The monoisotopic (exact) mass is 682 g/mol. The summed E-state index contributed by atoms with van der Waals surface area (Å²) in [7, 11) is -4.45. The van der Waals surface area contributed by atoms with Crippen molar-refractivity contribution in [3.05, 3.63) is 87.0 Å². The molecule has 4 heterocycles. The average molecular weight is 684 g/mol. The molecule has 2 aromatic heterocycles. The fourth-order valence-electron chi connectivity index (χ4n) is 7.07. The normalized spacial score (nSPS) is 13.5. The zero-order valence-corrected chi connectivity index (χ0v) is 27.5. The smallest absolute Gasteiger partial charge is 0.294 e. The van der Waals surface area contributed by atoms with Crippen LogP contribution < -0.4 is 20.2 Å². The lowest BCUT2D eigenvalue weighted by Gasteiger charge is -2.22. The van der Waals surface area contributed by atoms with Crippen molar-refractivity contribution in [2.75, 3.05) is 0 Å². The minimum absolute atomic E-state index is 0.182. The van der Waals surface area contributed by atoms with E-state index in [1.54, 1.807) is 6.07 Å². The van der Waals surface area contributed by atoms with E-state index in [9.17, 15) is 13.0 Å². The average Bonchev–Trinajstić information content (AvgIpc) is 3.56. The SMILES string of the molecule is CCn1c2ccc(C)cc2c2c3c(ccc21)N=c1c(Cl)c2c(c(Cl)c1O3)=Nc1ccc3c(c1O2)c1cc(S(=O)(=O)O)ccc1n3CC. The molecule has 234 valence electrons. The van der Waals surface area contributed by atoms with Gasteiger partial charge in [0.25, 0.3) is 10.1 Å². The summed E-state index contributed by atoms with van der Waals surface area (Å²) in [6, 6.07) is 18.6. The standard InChI is InChI=1S/C35H24Cl2N4O5S/c1-4-40-22-10-6-16(3)14-18(22)26-24(40)12-8-20-32(26)45-34-28(36)31-35(29(37)30(34)38-20)46-33-21(39-31)9-13-25-27(33)19-15-17(47(42,43)44)7-11-23(19)41(25)5-2/h6-15H,4-5H2,1-3H3,(H,42,43,44). The lowest BCUT2D eigenvalue weighted by Crippen LogP contribution is -2.22. The molecule has 0 atom stereocenters. The van der Waals surface area contributed by atoms with Gasteiger partial charge in [-0.3, -0.25) is 4.55 Å². The lowest BCUT2D eigenvalue weighted by atomic mass is 10.1. The van der Waals surface area contributed by atoms with Crippen LogP contribution in [0.1, 0.15) is 19.4 Å². The minimum Gasteiger partial charge on any atom is -0.450 e. The molecule has 9 rings (SSSR count). The van der Waals surface area contributed by atoms with E-state index in [1.807, 2.05) is 35.8 Å². The number of rotatable bonds is 3. The molecule has 12 heteroatoms. The van der Waals surface area contributed by atoms with Crippen molar-refractivity contribution in [1.82, 2.24) is 9.13 Å². The highest BCUT2D eigenvalue weighted by atomic mass is 35.5. The third-order valence-corrected chi connectivity index (χ3v) is 10.7. The maximum Gasteiger partial charge on any atom is 0.294 e. The van der Waals surface area contributed by atoms with Gasteiger partial charge in [-0.25, -0.2) is 9.98 Å². The van der Waals surface area contributed by atoms with Crippen molar-refractivity contribution >= 4 is 88.3 Å². The Morgan fingerprint density at radius 3 is 1.64 bits per heavy atom. The van der Waals surface area contributed by atoms with Gasteiger partial charge < -0.3 is 18.6 Å². The molecule has 2 aliphatic heterocycles. The number of nitrogens with zero attached hydrogens (tertiary/aromatic N) is 4. The first-order valence-electron chi connectivity index (χ1n) is 15.0. The van der Waals surface area contributed by atoms with Crippen molar-refractivity contribution in [1.29, 1.82) is 0 Å². The molecule has 9 nitrogen and oxygen atoms in total. The fraction of sp³-hybridized carbons (Fsp3) is 0.143. The van der Waals surface area contributed by atoms with E-state index in [1.165, 1.54) is 12.1 Å².